The topological polar surface area (TPSA) is 155 Å². The summed E-state index contributed by atoms with van der Waals surface area (Å²) in [4.78, 5) is 56.3. The zero-order valence-electron chi connectivity index (χ0n) is 23.3. The van der Waals surface area contributed by atoms with E-state index in [1.807, 2.05) is 54.6 Å². The number of carbonyl (C=O) groups is 4. The number of hydrogen-bond donors (Lipinski definition) is 4. The van der Waals surface area contributed by atoms with E-state index < -0.39 is 17.7 Å². The van der Waals surface area contributed by atoms with Crippen LogP contribution in [0.2, 0.25) is 0 Å². The van der Waals surface area contributed by atoms with E-state index in [0.717, 1.165) is 17.5 Å². The standard InChI is InChI=1S/C30H38N6O5/c1-30(20-37,14-8-15-32-28(31)34-29(40)41-19-21-9-3-2-4-10-21)35-26(38)25-13-7-16-36(25)27(39)24-17-22-11-5-6-12-23(22)18-33-24/h2-6,9-12,20,24-25,33H,7-8,13-19H2,1H3,(H,35,38)(H3,31,32,34,40)/t24-,25+,30+/m1/s1. The van der Waals surface area contributed by atoms with E-state index in [1.54, 1.807) is 11.8 Å². The van der Waals surface area contributed by atoms with Crippen molar-refractivity contribution in [2.75, 3.05) is 13.1 Å². The summed E-state index contributed by atoms with van der Waals surface area (Å²) in [5, 5.41) is 8.52. The fraction of sp³-hybridized carbons (Fsp3) is 0.433. The maximum absolute atomic E-state index is 13.4. The van der Waals surface area contributed by atoms with Crippen molar-refractivity contribution in [3.05, 3.63) is 71.3 Å². The maximum atomic E-state index is 13.4. The molecule has 0 radical (unpaired) electrons. The number of nitrogens with two attached hydrogens (primary N) is 1. The molecule has 2 heterocycles. The van der Waals surface area contributed by atoms with E-state index in [1.165, 1.54) is 5.56 Å². The Morgan fingerprint density at radius 3 is 2.63 bits per heavy atom. The lowest BCUT2D eigenvalue weighted by atomic mass is 9.94. The first kappa shape index (κ1) is 29.7. The van der Waals surface area contributed by atoms with Gasteiger partial charge in [-0.25, -0.2) is 4.79 Å². The molecule has 5 N–H and O–H groups in total. The van der Waals surface area contributed by atoms with Gasteiger partial charge in [0.25, 0.3) is 0 Å². The summed E-state index contributed by atoms with van der Waals surface area (Å²) >= 11 is 0. The molecule has 2 aromatic carbocycles. The van der Waals surface area contributed by atoms with Crippen LogP contribution in [0.3, 0.4) is 0 Å². The molecular weight excluding hydrogens is 524 g/mol. The van der Waals surface area contributed by atoms with Gasteiger partial charge in [0, 0.05) is 19.6 Å². The first-order chi connectivity index (χ1) is 19.8. The lowest BCUT2D eigenvalue weighted by Crippen LogP contribution is -2.57. The maximum Gasteiger partial charge on any atom is 0.414 e. The van der Waals surface area contributed by atoms with Gasteiger partial charge in [0.15, 0.2) is 5.96 Å². The van der Waals surface area contributed by atoms with E-state index >= 15 is 0 Å². The molecule has 218 valence electrons. The number of nitrogens with one attached hydrogen (secondary N) is 3. The monoisotopic (exact) mass is 562 g/mol. The van der Waals surface area contributed by atoms with Crippen molar-refractivity contribution in [1.82, 2.24) is 20.9 Å². The molecule has 2 aromatic rings. The zero-order chi connectivity index (χ0) is 29.2. The summed E-state index contributed by atoms with van der Waals surface area (Å²) in [5.74, 6) is -0.531. The second-order valence-electron chi connectivity index (χ2n) is 10.7. The highest BCUT2D eigenvalue weighted by Gasteiger charge is 2.40. The number of aliphatic imine (C=N–C) groups is 1. The smallest absolute Gasteiger partial charge is 0.414 e. The molecule has 3 atom stereocenters. The summed E-state index contributed by atoms with van der Waals surface area (Å²) < 4.78 is 5.11. The minimum absolute atomic E-state index is 0.0930. The van der Waals surface area contributed by atoms with Gasteiger partial charge in [-0.1, -0.05) is 54.6 Å². The third kappa shape index (κ3) is 8.14. The van der Waals surface area contributed by atoms with E-state index in [4.69, 9.17) is 10.5 Å². The fourth-order valence-corrected chi connectivity index (χ4v) is 5.20. The van der Waals surface area contributed by atoms with Gasteiger partial charge in [0.05, 0.1) is 11.6 Å². The Hall–Kier alpha value is -4.25. The minimum atomic E-state index is -1.14. The molecule has 0 unspecified atom stereocenters. The van der Waals surface area contributed by atoms with Crippen LogP contribution in [0, 0.1) is 0 Å². The first-order valence-electron chi connectivity index (χ1n) is 13.9. The van der Waals surface area contributed by atoms with E-state index in [2.05, 4.69) is 20.9 Å². The molecule has 0 aromatic heterocycles. The van der Waals surface area contributed by atoms with Gasteiger partial charge in [0.1, 0.15) is 18.9 Å². The number of alkyl carbamates (subject to hydrolysis) is 1. The van der Waals surface area contributed by atoms with Crippen molar-refractivity contribution in [3.8, 4) is 0 Å². The highest BCUT2D eigenvalue weighted by Crippen LogP contribution is 2.23. The van der Waals surface area contributed by atoms with Gasteiger partial charge in [-0.3, -0.25) is 19.9 Å². The fourth-order valence-electron chi connectivity index (χ4n) is 5.20. The number of nitrogens with zero attached hydrogens (tertiary/aromatic N) is 2. The first-order valence-corrected chi connectivity index (χ1v) is 13.9. The SMILES string of the molecule is C[C@@](C=O)(CCCN=C(N)NC(=O)OCc1ccccc1)NC(=O)[C@@H]1CCCN1C(=O)[C@H]1Cc2ccccc2CN1. The molecule has 41 heavy (non-hydrogen) atoms. The summed E-state index contributed by atoms with van der Waals surface area (Å²) in [5.41, 5.74) is 7.80. The molecule has 1 saturated heterocycles. The van der Waals surface area contributed by atoms with Crippen molar-refractivity contribution in [2.24, 2.45) is 10.7 Å². The van der Waals surface area contributed by atoms with Crippen LogP contribution in [-0.4, -0.2) is 65.8 Å². The van der Waals surface area contributed by atoms with Gasteiger partial charge in [-0.2, -0.15) is 0 Å². The molecule has 1 fully saturated rings. The van der Waals surface area contributed by atoms with Gasteiger partial charge in [-0.05, 0) is 55.7 Å². The zero-order valence-corrected chi connectivity index (χ0v) is 23.3. The average molecular weight is 563 g/mol. The molecule has 0 spiro atoms. The van der Waals surface area contributed by atoms with Crippen LogP contribution in [0.25, 0.3) is 0 Å². The summed E-state index contributed by atoms with van der Waals surface area (Å²) in [6.45, 7) is 3.09. The molecule has 0 saturated carbocycles. The molecule has 3 amide bonds. The van der Waals surface area contributed by atoms with Crippen LogP contribution in [-0.2, 0) is 38.7 Å². The Morgan fingerprint density at radius 2 is 1.88 bits per heavy atom. The second kappa shape index (κ2) is 13.9. The van der Waals surface area contributed by atoms with Crippen molar-refractivity contribution < 1.29 is 23.9 Å². The van der Waals surface area contributed by atoms with Gasteiger partial charge >= 0.3 is 6.09 Å². The Morgan fingerprint density at radius 1 is 1.15 bits per heavy atom. The number of ether oxygens (including phenoxy) is 1. The normalized spacial score (nSPS) is 19.9. The van der Waals surface area contributed by atoms with Gasteiger partial charge in [-0.15, -0.1) is 0 Å². The minimum Gasteiger partial charge on any atom is -0.444 e. The van der Waals surface area contributed by atoms with Gasteiger partial charge < -0.3 is 30.8 Å². The number of hydrogen-bond acceptors (Lipinski definition) is 7. The lowest BCUT2D eigenvalue weighted by molar-refractivity contribution is -0.141. The summed E-state index contributed by atoms with van der Waals surface area (Å²) in [7, 11) is 0. The number of aldehydes is 1. The molecule has 11 heteroatoms. The van der Waals surface area contributed by atoms with Gasteiger partial charge in [0.2, 0.25) is 11.8 Å². The number of guanidine groups is 1. The largest absolute Gasteiger partial charge is 0.444 e. The van der Waals surface area contributed by atoms with Crippen LogP contribution in [0.5, 0.6) is 0 Å². The van der Waals surface area contributed by atoms with Crippen LogP contribution in [0.15, 0.2) is 59.6 Å². The van der Waals surface area contributed by atoms with E-state index in [9.17, 15) is 19.2 Å². The van der Waals surface area contributed by atoms with Crippen LogP contribution >= 0.6 is 0 Å². The molecule has 2 aliphatic rings. The average Bonchev–Trinajstić information content (AvgIpc) is 3.49. The number of benzene rings is 2. The third-order valence-corrected chi connectivity index (χ3v) is 7.47. The molecule has 11 nitrogen and oxygen atoms in total. The molecular formula is C30H38N6O5. The quantitative estimate of drug-likeness (QED) is 0.149. The van der Waals surface area contributed by atoms with Crippen LogP contribution in [0.4, 0.5) is 4.79 Å². The number of rotatable bonds is 10. The predicted octanol–water partition coefficient (Wildman–Crippen LogP) is 1.79. The predicted molar refractivity (Wildman–Crippen MR) is 154 cm³/mol. The number of fused-ring (bicyclic) bond motifs is 1. The Kier molecular flexibility index (Phi) is 10.1. The number of carbonyl (C=O) groups excluding carboxylic acids is 4. The Labute approximate surface area is 239 Å². The van der Waals surface area contributed by atoms with Crippen molar-refractivity contribution in [3.63, 3.8) is 0 Å². The summed E-state index contributed by atoms with van der Waals surface area (Å²) in [6.07, 6.45) is 2.56. The van der Waals surface area contributed by atoms with E-state index in [-0.39, 0.29) is 37.0 Å². The Balaban J connectivity index is 1.23. The van der Waals surface area contributed by atoms with E-state index in [0.29, 0.717) is 45.1 Å². The molecule has 2 aliphatic heterocycles. The van der Waals surface area contributed by atoms with Crippen molar-refractivity contribution in [2.45, 2.75) is 69.8 Å². The Bertz CT molecular complexity index is 1270. The third-order valence-electron chi connectivity index (χ3n) is 7.47. The van der Waals surface area contributed by atoms with Crippen LogP contribution in [0.1, 0.15) is 49.3 Å². The lowest BCUT2D eigenvalue weighted by Gasteiger charge is -2.33. The van der Waals surface area contributed by atoms with Crippen molar-refractivity contribution in [1.29, 1.82) is 0 Å². The molecule has 0 aliphatic carbocycles. The number of amides is 3. The highest BCUT2D eigenvalue weighted by molar-refractivity contribution is 5.93. The molecule has 4 rings (SSSR count). The second-order valence-corrected chi connectivity index (χ2v) is 10.7. The summed E-state index contributed by atoms with van der Waals surface area (Å²) in [6, 6.07) is 16.3. The van der Waals surface area contributed by atoms with Crippen molar-refractivity contribution >= 4 is 30.2 Å². The highest BCUT2D eigenvalue weighted by atomic mass is 16.5. The number of likely N-dealkylation sites (tertiary alicyclic amines) is 1. The molecule has 0 bridgehead atoms. The van der Waals surface area contributed by atoms with Crippen LogP contribution < -0.4 is 21.7 Å².